The van der Waals surface area contributed by atoms with Crippen molar-refractivity contribution in [2.24, 2.45) is 17.3 Å². The summed E-state index contributed by atoms with van der Waals surface area (Å²) in [5, 5.41) is 9.63. The first-order valence-corrected chi connectivity index (χ1v) is 7.55. The van der Waals surface area contributed by atoms with Crippen molar-refractivity contribution in [3.05, 3.63) is 0 Å². The van der Waals surface area contributed by atoms with Crippen molar-refractivity contribution >= 4 is 11.8 Å². The van der Waals surface area contributed by atoms with Gasteiger partial charge in [-0.2, -0.15) is 0 Å². The molecule has 0 aromatic rings. The van der Waals surface area contributed by atoms with Gasteiger partial charge in [0.1, 0.15) is 0 Å². The quantitative estimate of drug-likeness (QED) is 0.812. The molecule has 1 atom stereocenters. The Hall–Kier alpha value is -1.10. The van der Waals surface area contributed by atoms with Crippen molar-refractivity contribution in [2.45, 2.75) is 33.6 Å². The number of hydrogen-bond acceptors (Lipinski definition) is 3. The highest BCUT2D eigenvalue weighted by molar-refractivity contribution is 5.78. The molecule has 0 aromatic carbocycles. The minimum absolute atomic E-state index is 0.00811. The lowest BCUT2D eigenvalue weighted by atomic mass is 9.71. The zero-order chi connectivity index (χ0) is 14.9. The molecule has 1 N–H and O–H groups in total. The van der Waals surface area contributed by atoms with E-state index in [1.807, 2.05) is 23.6 Å². The fourth-order valence-corrected chi connectivity index (χ4v) is 3.63. The number of rotatable bonds is 2. The first-order chi connectivity index (χ1) is 9.39. The van der Waals surface area contributed by atoms with Crippen molar-refractivity contribution in [1.82, 2.24) is 9.80 Å². The second kappa shape index (κ2) is 5.72. The van der Waals surface area contributed by atoms with Crippen LogP contribution in [0.2, 0.25) is 0 Å². The van der Waals surface area contributed by atoms with Crippen molar-refractivity contribution in [3.8, 4) is 0 Å². The summed E-state index contributed by atoms with van der Waals surface area (Å²) >= 11 is 0. The molecule has 5 heteroatoms. The van der Waals surface area contributed by atoms with E-state index in [4.69, 9.17) is 0 Å². The van der Waals surface area contributed by atoms with Gasteiger partial charge in [0.05, 0.1) is 0 Å². The lowest BCUT2D eigenvalue weighted by Crippen LogP contribution is -2.48. The minimum Gasteiger partial charge on any atom is -0.396 e. The molecule has 1 unspecified atom stereocenters. The smallest absolute Gasteiger partial charge is 0.225 e. The van der Waals surface area contributed by atoms with E-state index in [2.05, 4.69) is 0 Å². The van der Waals surface area contributed by atoms with Gasteiger partial charge in [0, 0.05) is 51.5 Å². The zero-order valence-electron chi connectivity index (χ0n) is 12.8. The van der Waals surface area contributed by atoms with Gasteiger partial charge in [-0.25, -0.2) is 0 Å². The monoisotopic (exact) mass is 282 g/mol. The van der Waals surface area contributed by atoms with Gasteiger partial charge in [-0.1, -0.05) is 13.8 Å². The number of aliphatic hydroxyl groups excluding tert-OH is 1. The third-order valence-corrected chi connectivity index (χ3v) is 5.04. The normalized spacial score (nSPS) is 25.6. The molecule has 0 radical (unpaired) electrons. The summed E-state index contributed by atoms with van der Waals surface area (Å²) in [5.74, 6) is 0.487. The van der Waals surface area contributed by atoms with Crippen LogP contribution in [0.4, 0.5) is 0 Å². The summed E-state index contributed by atoms with van der Waals surface area (Å²) in [4.78, 5) is 27.4. The Kier molecular flexibility index (Phi) is 4.37. The second-order valence-electron chi connectivity index (χ2n) is 6.62. The second-order valence-corrected chi connectivity index (χ2v) is 6.62. The molecule has 2 saturated heterocycles. The number of carbonyl (C=O) groups excluding carboxylic acids is 2. The largest absolute Gasteiger partial charge is 0.396 e. The predicted octanol–water partition coefficient (Wildman–Crippen LogP) is 0.722. The molecule has 2 aliphatic heterocycles. The standard InChI is InChI=1S/C15H26N2O3/c1-11(2)14(20)16-6-4-15(5-7-16)10-17(12(3)19)8-13(15)9-18/h11,13,18H,4-10H2,1-3H3. The average Bonchev–Trinajstić information content (AvgIpc) is 2.77. The third-order valence-electron chi connectivity index (χ3n) is 5.04. The molecule has 20 heavy (non-hydrogen) atoms. The Labute approximate surface area is 120 Å². The molecule has 2 heterocycles. The van der Waals surface area contributed by atoms with E-state index in [1.54, 1.807) is 6.92 Å². The highest BCUT2D eigenvalue weighted by Crippen LogP contribution is 2.44. The van der Waals surface area contributed by atoms with Gasteiger partial charge < -0.3 is 14.9 Å². The first-order valence-electron chi connectivity index (χ1n) is 7.55. The number of carbonyl (C=O) groups is 2. The van der Waals surface area contributed by atoms with E-state index in [1.165, 1.54) is 0 Å². The van der Waals surface area contributed by atoms with Crippen LogP contribution in [0.15, 0.2) is 0 Å². The van der Waals surface area contributed by atoms with E-state index in [0.717, 1.165) is 32.5 Å². The Morgan fingerprint density at radius 1 is 1.25 bits per heavy atom. The van der Waals surface area contributed by atoms with E-state index in [-0.39, 0.29) is 35.7 Å². The fourth-order valence-electron chi connectivity index (χ4n) is 3.63. The molecular formula is C15H26N2O3. The van der Waals surface area contributed by atoms with Crippen molar-refractivity contribution in [1.29, 1.82) is 0 Å². The van der Waals surface area contributed by atoms with Crippen LogP contribution in [0, 0.1) is 17.3 Å². The maximum absolute atomic E-state index is 12.0. The Balaban J connectivity index is 2.03. The number of hydrogen-bond donors (Lipinski definition) is 1. The molecule has 2 rings (SSSR count). The van der Waals surface area contributed by atoms with Gasteiger partial charge in [0.25, 0.3) is 0 Å². The van der Waals surface area contributed by atoms with Crippen LogP contribution < -0.4 is 0 Å². The average molecular weight is 282 g/mol. The van der Waals surface area contributed by atoms with Gasteiger partial charge >= 0.3 is 0 Å². The molecule has 0 bridgehead atoms. The van der Waals surface area contributed by atoms with E-state index in [9.17, 15) is 14.7 Å². The molecule has 1 spiro atoms. The van der Waals surface area contributed by atoms with Crippen LogP contribution in [-0.2, 0) is 9.59 Å². The molecule has 2 amide bonds. The SMILES string of the molecule is CC(=O)N1CC(CO)C2(CCN(C(=O)C(C)C)CC2)C1. The molecule has 2 aliphatic rings. The molecule has 0 saturated carbocycles. The number of piperidine rings is 1. The Morgan fingerprint density at radius 3 is 2.30 bits per heavy atom. The van der Waals surface area contributed by atoms with Crippen molar-refractivity contribution in [3.63, 3.8) is 0 Å². The van der Waals surface area contributed by atoms with E-state index in [0.29, 0.717) is 6.54 Å². The third kappa shape index (κ3) is 2.68. The predicted molar refractivity (Wildman–Crippen MR) is 75.9 cm³/mol. The van der Waals surface area contributed by atoms with E-state index >= 15 is 0 Å². The molecule has 114 valence electrons. The maximum atomic E-state index is 12.0. The van der Waals surface area contributed by atoms with Gasteiger partial charge in [-0.05, 0) is 18.3 Å². The van der Waals surface area contributed by atoms with Crippen molar-refractivity contribution < 1.29 is 14.7 Å². The van der Waals surface area contributed by atoms with Crippen LogP contribution in [0.1, 0.15) is 33.6 Å². The number of nitrogens with zero attached hydrogens (tertiary/aromatic N) is 2. The summed E-state index contributed by atoms with van der Waals surface area (Å²) in [5.41, 5.74) is 0.00811. The Morgan fingerprint density at radius 2 is 1.85 bits per heavy atom. The first kappa shape index (κ1) is 15.3. The summed E-state index contributed by atoms with van der Waals surface area (Å²) in [6.07, 6.45) is 1.78. The zero-order valence-corrected chi connectivity index (χ0v) is 12.8. The fraction of sp³-hybridized carbons (Fsp3) is 0.867. The van der Waals surface area contributed by atoms with Gasteiger partial charge in [0.2, 0.25) is 11.8 Å². The number of amides is 2. The summed E-state index contributed by atoms with van der Waals surface area (Å²) in [7, 11) is 0. The van der Waals surface area contributed by atoms with Crippen LogP contribution in [0.3, 0.4) is 0 Å². The molecular weight excluding hydrogens is 256 g/mol. The lowest BCUT2D eigenvalue weighted by Gasteiger charge is -2.42. The molecule has 0 aromatic heterocycles. The van der Waals surface area contributed by atoms with Crippen LogP contribution in [-0.4, -0.2) is 59.5 Å². The van der Waals surface area contributed by atoms with Gasteiger partial charge in [-0.3, -0.25) is 9.59 Å². The topological polar surface area (TPSA) is 60.9 Å². The molecule has 5 nitrogen and oxygen atoms in total. The van der Waals surface area contributed by atoms with Gasteiger partial charge in [0.15, 0.2) is 0 Å². The minimum atomic E-state index is 0.00811. The van der Waals surface area contributed by atoms with E-state index < -0.39 is 0 Å². The summed E-state index contributed by atoms with van der Waals surface area (Å²) < 4.78 is 0. The van der Waals surface area contributed by atoms with Crippen molar-refractivity contribution in [2.75, 3.05) is 32.8 Å². The highest BCUT2D eigenvalue weighted by Gasteiger charge is 2.48. The van der Waals surface area contributed by atoms with Crippen LogP contribution >= 0.6 is 0 Å². The maximum Gasteiger partial charge on any atom is 0.225 e. The van der Waals surface area contributed by atoms with Crippen LogP contribution in [0.25, 0.3) is 0 Å². The lowest BCUT2D eigenvalue weighted by molar-refractivity contribution is -0.137. The summed E-state index contributed by atoms with van der Waals surface area (Å²) in [6.45, 7) is 8.46. The number of aliphatic hydroxyl groups is 1. The molecule has 0 aliphatic carbocycles. The Bertz CT molecular complexity index is 387. The molecule has 2 fully saturated rings. The van der Waals surface area contributed by atoms with Crippen LogP contribution in [0.5, 0.6) is 0 Å². The highest BCUT2D eigenvalue weighted by atomic mass is 16.3. The van der Waals surface area contributed by atoms with Gasteiger partial charge in [-0.15, -0.1) is 0 Å². The number of likely N-dealkylation sites (tertiary alicyclic amines) is 2. The summed E-state index contributed by atoms with van der Waals surface area (Å²) in [6, 6.07) is 0.